The molecule has 0 bridgehead atoms. The summed E-state index contributed by atoms with van der Waals surface area (Å²) in [5, 5.41) is 0. The minimum Gasteiger partial charge on any atom is -0.373 e. The van der Waals surface area contributed by atoms with Gasteiger partial charge in [0.05, 0.1) is 22.8 Å². The van der Waals surface area contributed by atoms with E-state index < -0.39 is 10.0 Å². The quantitative estimate of drug-likeness (QED) is 0.695. The van der Waals surface area contributed by atoms with Crippen LogP contribution in [0, 0.1) is 6.92 Å². The number of hydrogen-bond donors (Lipinski definition) is 0. The van der Waals surface area contributed by atoms with Crippen molar-refractivity contribution in [1.82, 2.24) is 13.7 Å². The zero-order valence-corrected chi connectivity index (χ0v) is 16.5. The van der Waals surface area contributed by atoms with Crippen LogP contribution in [0.4, 0.5) is 0 Å². The molecule has 4 rings (SSSR count). The summed E-state index contributed by atoms with van der Waals surface area (Å²) >= 11 is 0. The van der Waals surface area contributed by atoms with Crippen molar-refractivity contribution >= 4 is 15.7 Å². The van der Waals surface area contributed by atoms with Crippen molar-refractivity contribution in [3.8, 4) is 11.3 Å². The molecule has 1 aromatic carbocycles. The van der Waals surface area contributed by atoms with Gasteiger partial charge in [-0.1, -0.05) is 18.2 Å². The van der Waals surface area contributed by atoms with Gasteiger partial charge in [0.25, 0.3) is 0 Å². The van der Waals surface area contributed by atoms with Gasteiger partial charge in [0.1, 0.15) is 5.65 Å². The summed E-state index contributed by atoms with van der Waals surface area (Å²) in [6.07, 6.45) is 3.63. The van der Waals surface area contributed by atoms with Gasteiger partial charge in [-0.25, -0.2) is 13.4 Å². The Morgan fingerprint density at radius 3 is 2.56 bits per heavy atom. The number of ether oxygens (including phenoxy) is 1. The molecule has 1 saturated heterocycles. The van der Waals surface area contributed by atoms with Crippen molar-refractivity contribution in [2.75, 3.05) is 13.1 Å². The van der Waals surface area contributed by atoms with Crippen LogP contribution in [0.5, 0.6) is 0 Å². The number of hydrogen-bond acceptors (Lipinski definition) is 4. The Labute approximate surface area is 159 Å². The third kappa shape index (κ3) is 3.38. The fourth-order valence-electron chi connectivity index (χ4n) is 3.58. The van der Waals surface area contributed by atoms with Crippen LogP contribution in [0.25, 0.3) is 16.9 Å². The second-order valence-corrected chi connectivity index (χ2v) is 9.09. The first-order valence-corrected chi connectivity index (χ1v) is 10.5. The van der Waals surface area contributed by atoms with Gasteiger partial charge >= 0.3 is 0 Å². The molecule has 2 atom stereocenters. The molecule has 27 heavy (non-hydrogen) atoms. The van der Waals surface area contributed by atoms with E-state index in [-0.39, 0.29) is 17.1 Å². The highest BCUT2D eigenvalue weighted by Gasteiger charge is 2.32. The number of aryl methyl sites for hydroxylation is 1. The maximum atomic E-state index is 13.1. The van der Waals surface area contributed by atoms with Crippen LogP contribution in [0.2, 0.25) is 0 Å². The van der Waals surface area contributed by atoms with Crippen LogP contribution < -0.4 is 0 Å². The monoisotopic (exact) mass is 385 g/mol. The van der Waals surface area contributed by atoms with Crippen molar-refractivity contribution in [1.29, 1.82) is 0 Å². The van der Waals surface area contributed by atoms with Crippen molar-refractivity contribution in [2.24, 2.45) is 0 Å². The lowest BCUT2D eigenvalue weighted by molar-refractivity contribution is -0.0440. The summed E-state index contributed by atoms with van der Waals surface area (Å²) in [5.41, 5.74) is 3.49. The Bertz CT molecular complexity index is 1080. The summed E-state index contributed by atoms with van der Waals surface area (Å²) in [4.78, 5) is 4.96. The SMILES string of the molecule is Cc1cccn2cc(-c3cccc(S(=O)(=O)N4C[C@@H](C)O[C@@H](C)C4)c3)nc12. The highest BCUT2D eigenvalue weighted by Crippen LogP contribution is 2.26. The predicted molar refractivity (Wildman–Crippen MR) is 104 cm³/mol. The molecule has 1 aliphatic heterocycles. The van der Waals surface area contributed by atoms with E-state index in [1.165, 1.54) is 4.31 Å². The number of pyridine rings is 1. The topological polar surface area (TPSA) is 63.9 Å². The number of fused-ring (bicyclic) bond motifs is 1. The highest BCUT2D eigenvalue weighted by atomic mass is 32.2. The molecule has 142 valence electrons. The minimum absolute atomic E-state index is 0.117. The molecule has 1 aliphatic rings. The average molecular weight is 385 g/mol. The van der Waals surface area contributed by atoms with Crippen molar-refractivity contribution < 1.29 is 13.2 Å². The minimum atomic E-state index is -3.58. The Balaban J connectivity index is 1.72. The van der Waals surface area contributed by atoms with Gasteiger partial charge in [-0.3, -0.25) is 0 Å². The number of aromatic nitrogens is 2. The number of nitrogens with zero attached hydrogens (tertiary/aromatic N) is 3. The lowest BCUT2D eigenvalue weighted by Gasteiger charge is -2.34. The molecule has 0 N–H and O–H groups in total. The van der Waals surface area contributed by atoms with E-state index in [4.69, 9.17) is 4.74 Å². The van der Waals surface area contributed by atoms with Crippen LogP contribution in [-0.4, -0.2) is 47.4 Å². The lowest BCUT2D eigenvalue weighted by Crippen LogP contribution is -2.48. The van der Waals surface area contributed by atoms with Gasteiger partial charge in [-0.05, 0) is 44.5 Å². The molecule has 0 spiro atoms. The summed E-state index contributed by atoms with van der Waals surface area (Å²) in [6, 6.07) is 11.0. The van der Waals surface area contributed by atoms with Gasteiger partial charge in [0, 0.05) is 31.0 Å². The molecule has 0 unspecified atom stereocenters. The number of imidazole rings is 1. The fraction of sp³-hybridized carbons (Fsp3) is 0.350. The standard InChI is InChI=1S/C20H23N3O3S/c1-14-6-5-9-22-13-19(21-20(14)22)17-7-4-8-18(10-17)27(24,25)23-11-15(2)26-16(3)12-23/h4-10,13,15-16H,11-12H2,1-3H3/t15-,16+. The Kier molecular flexibility index (Phi) is 4.53. The molecule has 6 nitrogen and oxygen atoms in total. The van der Waals surface area contributed by atoms with Crippen LogP contribution in [0.15, 0.2) is 53.7 Å². The number of rotatable bonds is 3. The first kappa shape index (κ1) is 18.2. The molecule has 0 amide bonds. The Morgan fingerprint density at radius 1 is 1.11 bits per heavy atom. The number of morpholine rings is 1. The van der Waals surface area contributed by atoms with E-state index in [1.807, 2.05) is 55.8 Å². The molecule has 3 heterocycles. The molecular formula is C20H23N3O3S. The second-order valence-electron chi connectivity index (χ2n) is 7.16. The maximum Gasteiger partial charge on any atom is 0.243 e. The van der Waals surface area contributed by atoms with E-state index in [0.717, 1.165) is 22.5 Å². The van der Waals surface area contributed by atoms with E-state index >= 15 is 0 Å². The van der Waals surface area contributed by atoms with Crippen LogP contribution in [-0.2, 0) is 14.8 Å². The highest BCUT2D eigenvalue weighted by molar-refractivity contribution is 7.89. The average Bonchev–Trinajstić information content (AvgIpc) is 3.07. The van der Waals surface area contributed by atoms with Gasteiger partial charge in [-0.15, -0.1) is 0 Å². The molecule has 1 fully saturated rings. The third-order valence-electron chi connectivity index (χ3n) is 4.83. The molecule has 2 aromatic heterocycles. The van der Waals surface area contributed by atoms with Gasteiger partial charge in [-0.2, -0.15) is 4.31 Å². The number of sulfonamides is 1. The summed E-state index contributed by atoms with van der Waals surface area (Å²) < 4.78 is 35.4. The second kappa shape index (κ2) is 6.74. The Hall–Kier alpha value is -2.22. The normalized spacial score (nSPS) is 21.6. The number of benzene rings is 1. The molecular weight excluding hydrogens is 362 g/mol. The molecule has 0 saturated carbocycles. The zero-order valence-electron chi connectivity index (χ0n) is 15.7. The van der Waals surface area contributed by atoms with Crippen LogP contribution >= 0.6 is 0 Å². The van der Waals surface area contributed by atoms with Crippen LogP contribution in [0.1, 0.15) is 19.4 Å². The molecule has 7 heteroatoms. The van der Waals surface area contributed by atoms with Crippen molar-refractivity contribution in [2.45, 2.75) is 37.9 Å². The molecule has 0 aliphatic carbocycles. The van der Waals surface area contributed by atoms with E-state index in [9.17, 15) is 8.42 Å². The van der Waals surface area contributed by atoms with E-state index in [0.29, 0.717) is 13.1 Å². The van der Waals surface area contributed by atoms with Gasteiger partial charge in [0.2, 0.25) is 10.0 Å². The van der Waals surface area contributed by atoms with Crippen molar-refractivity contribution in [3.05, 3.63) is 54.4 Å². The van der Waals surface area contributed by atoms with E-state index in [1.54, 1.807) is 18.2 Å². The van der Waals surface area contributed by atoms with E-state index in [2.05, 4.69) is 4.98 Å². The maximum absolute atomic E-state index is 13.1. The predicted octanol–water partition coefficient (Wildman–Crippen LogP) is 3.11. The molecule has 0 radical (unpaired) electrons. The summed E-state index contributed by atoms with van der Waals surface area (Å²) in [6.45, 7) is 6.53. The zero-order chi connectivity index (χ0) is 19.2. The first-order chi connectivity index (χ1) is 12.8. The van der Waals surface area contributed by atoms with Gasteiger partial charge < -0.3 is 9.14 Å². The third-order valence-corrected chi connectivity index (χ3v) is 6.66. The first-order valence-electron chi connectivity index (χ1n) is 9.05. The summed E-state index contributed by atoms with van der Waals surface area (Å²) in [5.74, 6) is 0. The van der Waals surface area contributed by atoms with Crippen LogP contribution in [0.3, 0.4) is 0 Å². The largest absolute Gasteiger partial charge is 0.373 e. The molecule has 3 aromatic rings. The lowest BCUT2D eigenvalue weighted by atomic mass is 10.2. The smallest absolute Gasteiger partial charge is 0.243 e. The Morgan fingerprint density at radius 2 is 1.85 bits per heavy atom. The summed E-state index contributed by atoms with van der Waals surface area (Å²) in [7, 11) is -3.58. The fourth-order valence-corrected chi connectivity index (χ4v) is 5.22. The van der Waals surface area contributed by atoms with Crippen molar-refractivity contribution in [3.63, 3.8) is 0 Å². The van der Waals surface area contributed by atoms with Gasteiger partial charge in [0.15, 0.2) is 0 Å².